The first-order chi connectivity index (χ1) is 8.54. The fraction of sp³-hybridized carbons (Fsp3) is 0.357. The standard InChI is InChI=1S/C14H15BrNO2.Y/c1-3-16-13(7-6-12(15)14(16)18)11-5-4-10(17)8-9(11)2;/h4-5,8,12,17H,3,6H2,1-2H3;/q-1;. The first kappa shape index (κ1) is 16.9. The molecule has 0 aliphatic carbocycles. The second-order valence-electron chi connectivity index (χ2n) is 4.28. The number of rotatable bonds is 2. The maximum absolute atomic E-state index is 12.1. The van der Waals surface area contributed by atoms with Crippen LogP contribution in [0, 0.1) is 13.0 Å². The van der Waals surface area contributed by atoms with Crippen molar-refractivity contribution in [3.63, 3.8) is 0 Å². The Kier molecular flexibility index (Phi) is 6.22. The molecule has 1 unspecified atom stereocenters. The van der Waals surface area contributed by atoms with Gasteiger partial charge in [-0.3, -0.25) is 4.79 Å². The van der Waals surface area contributed by atoms with E-state index >= 15 is 0 Å². The molecule has 0 aromatic heterocycles. The van der Waals surface area contributed by atoms with Crippen molar-refractivity contribution >= 4 is 27.5 Å². The molecule has 1 aliphatic heterocycles. The number of carbonyl (C=O) groups is 1. The van der Waals surface area contributed by atoms with E-state index < -0.39 is 0 Å². The van der Waals surface area contributed by atoms with Gasteiger partial charge in [0.05, 0.1) is 4.83 Å². The Morgan fingerprint density at radius 3 is 2.79 bits per heavy atom. The van der Waals surface area contributed by atoms with Gasteiger partial charge in [0.1, 0.15) is 5.75 Å². The Balaban J connectivity index is 0.00000180. The Labute approximate surface area is 147 Å². The van der Waals surface area contributed by atoms with Gasteiger partial charge in [-0.1, -0.05) is 29.3 Å². The monoisotopic (exact) mass is 397 g/mol. The molecule has 3 nitrogen and oxygen atoms in total. The summed E-state index contributed by atoms with van der Waals surface area (Å²) in [6.07, 6.45) is 3.84. The Morgan fingerprint density at radius 2 is 2.21 bits per heavy atom. The minimum absolute atomic E-state index is 0. The fourth-order valence-electron chi connectivity index (χ4n) is 2.12. The molecule has 19 heavy (non-hydrogen) atoms. The van der Waals surface area contributed by atoms with E-state index in [1.165, 1.54) is 0 Å². The van der Waals surface area contributed by atoms with Crippen LogP contribution in [0.5, 0.6) is 5.75 Å². The number of nitrogens with zero attached hydrogens (tertiary/aromatic N) is 1. The van der Waals surface area contributed by atoms with Gasteiger partial charge in [-0.25, -0.2) is 6.08 Å². The SMILES string of the molecule is CCN1C(=O)C(Br)C[C-]=C1c1ccc(O)cc1C.[Y]. The van der Waals surface area contributed by atoms with Crippen molar-refractivity contribution in [2.24, 2.45) is 0 Å². The molecule has 1 atom stereocenters. The molecular weight excluding hydrogens is 383 g/mol. The van der Waals surface area contributed by atoms with Crippen LogP contribution in [0.25, 0.3) is 5.70 Å². The predicted molar refractivity (Wildman–Crippen MR) is 74.2 cm³/mol. The predicted octanol–water partition coefficient (Wildman–Crippen LogP) is 2.86. The van der Waals surface area contributed by atoms with Gasteiger partial charge in [-0.2, -0.15) is 0 Å². The van der Waals surface area contributed by atoms with E-state index in [9.17, 15) is 9.90 Å². The van der Waals surface area contributed by atoms with Crippen LogP contribution in [0.2, 0.25) is 0 Å². The number of allylic oxidation sites excluding steroid dienone is 1. The largest absolute Gasteiger partial charge is 0.508 e. The van der Waals surface area contributed by atoms with Crippen molar-refractivity contribution in [1.29, 1.82) is 0 Å². The summed E-state index contributed by atoms with van der Waals surface area (Å²) in [5, 5.41) is 9.44. The van der Waals surface area contributed by atoms with E-state index in [-0.39, 0.29) is 49.2 Å². The van der Waals surface area contributed by atoms with E-state index in [1.54, 1.807) is 17.0 Å². The van der Waals surface area contributed by atoms with Crippen molar-refractivity contribution in [1.82, 2.24) is 4.90 Å². The second-order valence-corrected chi connectivity index (χ2v) is 5.38. The second kappa shape index (κ2) is 7.00. The van der Waals surface area contributed by atoms with E-state index in [4.69, 9.17) is 0 Å². The molecular formula is C14H15BrNO2Y-. The molecule has 0 saturated carbocycles. The summed E-state index contributed by atoms with van der Waals surface area (Å²) >= 11 is 3.36. The van der Waals surface area contributed by atoms with Gasteiger partial charge in [0.15, 0.2) is 0 Å². The Morgan fingerprint density at radius 1 is 1.53 bits per heavy atom. The molecule has 0 spiro atoms. The molecule has 99 valence electrons. The van der Waals surface area contributed by atoms with Crippen molar-refractivity contribution in [2.45, 2.75) is 25.1 Å². The van der Waals surface area contributed by atoms with Gasteiger partial charge < -0.3 is 10.0 Å². The van der Waals surface area contributed by atoms with E-state index in [1.807, 2.05) is 19.9 Å². The van der Waals surface area contributed by atoms with Crippen LogP contribution in [0.1, 0.15) is 24.5 Å². The van der Waals surface area contributed by atoms with Crippen LogP contribution in [0.4, 0.5) is 0 Å². The van der Waals surface area contributed by atoms with E-state index in [0.29, 0.717) is 13.0 Å². The number of benzene rings is 1. The molecule has 1 aromatic carbocycles. The van der Waals surface area contributed by atoms with Gasteiger partial charge >= 0.3 is 0 Å². The normalized spacial score (nSPS) is 18.9. The summed E-state index contributed by atoms with van der Waals surface area (Å²) in [6, 6.07) is 5.16. The molecule has 0 fully saturated rings. The average molecular weight is 398 g/mol. The summed E-state index contributed by atoms with van der Waals surface area (Å²) < 4.78 is 0. The number of hydrogen-bond donors (Lipinski definition) is 1. The van der Waals surface area contributed by atoms with E-state index in [2.05, 4.69) is 22.0 Å². The zero-order valence-electron chi connectivity index (χ0n) is 11.0. The van der Waals surface area contributed by atoms with Gasteiger partial charge in [-0.15, -0.1) is 22.9 Å². The van der Waals surface area contributed by atoms with E-state index in [0.717, 1.165) is 16.8 Å². The smallest absolute Gasteiger partial charge is 0.236 e. The molecule has 1 aliphatic rings. The van der Waals surface area contributed by atoms with Crippen LogP contribution in [-0.2, 0) is 37.5 Å². The maximum atomic E-state index is 12.1. The number of hydrogen-bond acceptors (Lipinski definition) is 2. The molecule has 1 aromatic rings. The molecule has 1 N–H and O–H groups in total. The number of aryl methyl sites for hydroxylation is 1. The molecule has 0 bridgehead atoms. The van der Waals surface area contributed by atoms with Crippen molar-refractivity contribution in [3.8, 4) is 5.75 Å². The summed E-state index contributed by atoms with van der Waals surface area (Å²) in [5.74, 6) is 0.305. The third-order valence-electron chi connectivity index (χ3n) is 3.03. The summed E-state index contributed by atoms with van der Waals surface area (Å²) in [6.45, 7) is 4.48. The molecule has 2 rings (SSSR count). The minimum Gasteiger partial charge on any atom is -0.508 e. The summed E-state index contributed by atoms with van der Waals surface area (Å²) in [5.41, 5.74) is 2.70. The first-order valence-electron chi connectivity index (χ1n) is 5.91. The quantitative estimate of drug-likeness (QED) is 0.615. The van der Waals surface area contributed by atoms with Crippen molar-refractivity contribution in [2.75, 3.05) is 6.54 Å². The number of halogens is 1. The zero-order chi connectivity index (χ0) is 13.3. The summed E-state index contributed by atoms with van der Waals surface area (Å²) in [4.78, 5) is 13.6. The van der Waals surface area contributed by atoms with Gasteiger partial charge in [0.25, 0.3) is 0 Å². The van der Waals surface area contributed by atoms with Crippen molar-refractivity contribution in [3.05, 3.63) is 35.4 Å². The Bertz CT molecular complexity index is 516. The van der Waals surface area contributed by atoms with Crippen LogP contribution < -0.4 is 0 Å². The number of carbonyl (C=O) groups excluding carboxylic acids is 1. The first-order valence-corrected chi connectivity index (χ1v) is 6.82. The number of aromatic hydroxyl groups is 1. The minimum atomic E-state index is -0.182. The number of phenols is 1. The third kappa shape index (κ3) is 3.47. The average Bonchev–Trinajstić information content (AvgIpc) is 2.33. The maximum Gasteiger partial charge on any atom is 0.236 e. The summed E-state index contributed by atoms with van der Waals surface area (Å²) in [7, 11) is 0. The fourth-order valence-corrected chi connectivity index (χ4v) is 2.53. The molecule has 1 amide bonds. The molecule has 1 heterocycles. The van der Waals surface area contributed by atoms with Crippen LogP contribution in [0.15, 0.2) is 18.2 Å². The van der Waals surface area contributed by atoms with Gasteiger partial charge in [0, 0.05) is 39.3 Å². The van der Waals surface area contributed by atoms with Crippen LogP contribution in [-0.4, -0.2) is 27.3 Å². The topological polar surface area (TPSA) is 40.5 Å². The third-order valence-corrected chi connectivity index (χ3v) is 3.75. The number of phenolic OH excluding ortho intramolecular Hbond substituents is 1. The van der Waals surface area contributed by atoms with Crippen LogP contribution >= 0.6 is 15.9 Å². The molecule has 0 saturated heterocycles. The zero-order valence-corrected chi connectivity index (χ0v) is 15.4. The molecule has 5 heteroatoms. The molecule has 1 radical (unpaired) electrons. The number of amides is 1. The Hall–Kier alpha value is -0.186. The van der Waals surface area contributed by atoms with Crippen molar-refractivity contribution < 1.29 is 42.6 Å². The number of alkyl halides is 1. The van der Waals surface area contributed by atoms with Crippen LogP contribution in [0.3, 0.4) is 0 Å². The van der Waals surface area contributed by atoms with Gasteiger partial charge in [0.2, 0.25) is 5.91 Å². The van der Waals surface area contributed by atoms with Gasteiger partial charge in [-0.05, 0) is 19.1 Å².